The van der Waals surface area contributed by atoms with Crippen LogP contribution in [0.2, 0.25) is 0 Å². The topological polar surface area (TPSA) is 21.3 Å². The highest BCUT2D eigenvalue weighted by Crippen LogP contribution is 1.68. The molecule has 1 heterocycles. The molecule has 0 saturated carbocycles. The number of rotatable bonds is 0. The van der Waals surface area contributed by atoms with Crippen molar-refractivity contribution in [2.24, 2.45) is 0 Å². The van der Waals surface area contributed by atoms with Crippen LogP contribution in [0.15, 0.2) is 12.3 Å². The van der Waals surface area contributed by atoms with E-state index < -0.39 is 0 Å². The van der Waals surface area contributed by atoms with Crippen molar-refractivity contribution in [2.45, 2.75) is 0 Å². The summed E-state index contributed by atoms with van der Waals surface area (Å²) in [6.45, 7) is 0. The van der Waals surface area contributed by atoms with Gasteiger partial charge in [0.15, 0.2) is 9.29 Å². The molecule has 0 bridgehead atoms. The van der Waals surface area contributed by atoms with Crippen LogP contribution in [0, 0.1) is 0 Å². The number of hydrogen-bond donors (Lipinski definition) is 1. The number of allylic oxidation sites excluding steroid dienone is 1. The highest BCUT2D eigenvalue weighted by atomic mass is 28.2. The summed E-state index contributed by atoms with van der Waals surface area (Å²) in [7, 11) is 0.221. The van der Waals surface area contributed by atoms with Gasteiger partial charge in [0.2, 0.25) is 0 Å². The van der Waals surface area contributed by atoms with Gasteiger partial charge in [-0.25, -0.2) is 0 Å². The van der Waals surface area contributed by atoms with Crippen molar-refractivity contribution in [3.8, 4) is 0 Å². The summed E-state index contributed by atoms with van der Waals surface area (Å²) in [5, 5.41) is 2.73. The Labute approximate surface area is 38.3 Å². The lowest BCUT2D eigenvalue weighted by Crippen LogP contribution is -2.14. The van der Waals surface area contributed by atoms with Crippen LogP contribution in [0.25, 0.3) is 0 Å². The predicted octanol–water partition coefficient (Wildman–Crippen LogP) is -0.811. The van der Waals surface area contributed by atoms with Crippen LogP contribution in [0.3, 0.4) is 0 Å². The van der Waals surface area contributed by atoms with Crippen LogP contribution in [0.1, 0.15) is 0 Å². The smallest absolute Gasteiger partial charge is 0.152 e. The Kier molecular flexibility index (Phi) is 1.06. The molecule has 1 N–H and O–H groups in total. The largest absolute Gasteiger partial charge is 0.400 e. The fraction of sp³-hybridized carbons (Fsp3) is 0. The zero-order valence-corrected chi connectivity index (χ0v) is 4.37. The van der Waals surface area contributed by atoms with Gasteiger partial charge < -0.3 is 4.84 Å². The summed E-state index contributed by atoms with van der Waals surface area (Å²) in [5.74, 6) is 0. The van der Waals surface area contributed by atoms with Crippen LogP contribution < -0.4 is 5.15 Å². The van der Waals surface area contributed by atoms with E-state index in [-0.39, 0.29) is 9.29 Å². The molecule has 0 spiro atoms. The van der Waals surface area contributed by atoms with Crippen molar-refractivity contribution in [1.82, 2.24) is 5.15 Å². The summed E-state index contributed by atoms with van der Waals surface area (Å²) in [5.41, 5.74) is 2.06. The molecule has 0 aliphatic carbocycles. The molecule has 0 unspecified atom stereocenters. The summed E-state index contributed by atoms with van der Waals surface area (Å²) >= 11 is 0. The van der Waals surface area contributed by atoms with E-state index in [2.05, 4.69) is 15.7 Å². The average molecular weight is 99.2 g/mol. The van der Waals surface area contributed by atoms with Gasteiger partial charge in [-0.05, 0) is 6.08 Å². The predicted molar refractivity (Wildman–Crippen MR) is 26.6 cm³/mol. The molecule has 3 heteroatoms. The molecule has 0 aromatic heterocycles. The summed E-state index contributed by atoms with van der Waals surface area (Å²) < 4.78 is 0. The Hall–Kier alpha value is -0.573. The van der Waals surface area contributed by atoms with Gasteiger partial charge in [-0.1, -0.05) is 5.67 Å². The third kappa shape index (κ3) is 0.685. The fourth-order valence-electron chi connectivity index (χ4n) is 0.258. The average Bonchev–Trinajstić information content (AvgIpc) is 1.72. The lowest BCUT2D eigenvalue weighted by atomic mass is 10.7. The normalized spacial score (nSPS) is 16.0. The van der Waals surface area contributed by atoms with E-state index in [9.17, 15) is 0 Å². The zero-order valence-electron chi connectivity index (χ0n) is 3.22. The quantitative estimate of drug-likeness (QED) is 0.401. The first-order valence-corrected chi connectivity index (χ1v) is 2.97. The van der Waals surface area contributed by atoms with Crippen molar-refractivity contribution < 1.29 is 4.84 Å². The Balaban J connectivity index is 2.46. The zero-order chi connectivity index (χ0) is 4.24. The van der Waals surface area contributed by atoms with E-state index in [1.54, 1.807) is 6.26 Å². The maximum Gasteiger partial charge on any atom is 0.152 e. The van der Waals surface area contributed by atoms with Crippen molar-refractivity contribution in [2.75, 3.05) is 0 Å². The van der Waals surface area contributed by atoms with E-state index >= 15 is 0 Å². The van der Waals surface area contributed by atoms with Crippen molar-refractivity contribution in [1.29, 1.82) is 0 Å². The molecule has 0 fully saturated rings. The summed E-state index contributed by atoms with van der Waals surface area (Å²) in [4.78, 5) is 4.64. The molecule has 2 nitrogen and oxygen atoms in total. The van der Waals surface area contributed by atoms with E-state index in [1.165, 1.54) is 0 Å². The van der Waals surface area contributed by atoms with Gasteiger partial charge in [0.05, 0.1) is 0 Å². The van der Waals surface area contributed by atoms with E-state index in [0.717, 1.165) is 0 Å². The van der Waals surface area contributed by atoms with Gasteiger partial charge in [0.1, 0.15) is 6.26 Å². The van der Waals surface area contributed by atoms with Crippen LogP contribution in [-0.2, 0) is 4.84 Å². The van der Waals surface area contributed by atoms with Gasteiger partial charge >= 0.3 is 0 Å². The second-order valence-corrected chi connectivity index (χ2v) is 1.88. The van der Waals surface area contributed by atoms with Crippen LogP contribution >= 0.6 is 0 Å². The molecule has 1 aliphatic rings. The second kappa shape index (κ2) is 1.77. The fourth-order valence-corrected chi connectivity index (χ4v) is 0.696. The lowest BCUT2D eigenvalue weighted by molar-refractivity contribution is 0.205. The molecule has 0 amide bonds. The Morgan fingerprint density at radius 1 is 1.67 bits per heavy atom. The van der Waals surface area contributed by atoms with Crippen molar-refractivity contribution >= 4 is 15.0 Å². The molecular weight excluding hydrogens is 94.1 g/mol. The lowest BCUT2D eigenvalue weighted by Gasteiger charge is -1.97. The molecule has 1 rings (SSSR count). The number of hydrogen-bond acceptors (Lipinski definition) is 2. The van der Waals surface area contributed by atoms with Crippen LogP contribution in [0.4, 0.5) is 0 Å². The van der Waals surface area contributed by atoms with Crippen molar-refractivity contribution in [3.63, 3.8) is 0 Å². The first-order chi connectivity index (χ1) is 3.00. The van der Waals surface area contributed by atoms with Gasteiger partial charge in [-0.3, -0.25) is 5.15 Å². The third-order valence-corrected chi connectivity index (χ3v) is 1.18. The van der Waals surface area contributed by atoms with E-state index in [4.69, 9.17) is 0 Å². The minimum atomic E-state index is 0.221. The Morgan fingerprint density at radius 3 is 2.83 bits per heavy atom. The van der Waals surface area contributed by atoms with Gasteiger partial charge in [-0.15, -0.1) is 0 Å². The summed E-state index contributed by atoms with van der Waals surface area (Å²) in [6, 6.07) is 0. The molecule has 32 valence electrons. The maximum atomic E-state index is 4.64. The maximum absolute atomic E-state index is 4.64. The molecule has 0 atom stereocenters. The first kappa shape index (κ1) is 3.61. The van der Waals surface area contributed by atoms with Crippen molar-refractivity contribution in [3.05, 3.63) is 12.3 Å². The minimum Gasteiger partial charge on any atom is -0.400 e. The standard InChI is InChI=1S/C3H5NOSi/c1-2-5-4-6-3-1/h1-4,6H. The van der Waals surface area contributed by atoms with Crippen LogP contribution in [0.5, 0.6) is 0 Å². The Morgan fingerprint density at radius 2 is 2.67 bits per heavy atom. The minimum absolute atomic E-state index is 0.221. The third-order valence-electron chi connectivity index (χ3n) is 0.490. The number of nitrogens with one attached hydrogen (secondary N) is 1. The van der Waals surface area contributed by atoms with E-state index in [1.807, 2.05) is 6.08 Å². The molecule has 0 radical (unpaired) electrons. The highest BCUT2D eigenvalue weighted by Gasteiger charge is 1.73. The molecular formula is C3H5NOSi. The summed E-state index contributed by atoms with van der Waals surface area (Å²) in [6.07, 6.45) is 3.52. The Bertz CT molecular complexity index is 76.8. The molecule has 0 aromatic carbocycles. The second-order valence-electron chi connectivity index (χ2n) is 0.923. The molecule has 0 aromatic rings. The SMILES string of the molecule is C1=CON[SiH]=C1. The van der Waals surface area contributed by atoms with Gasteiger partial charge in [0, 0.05) is 0 Å². The molecule has 0 saturated heterocycles. The highest BCUT2D eigenvalue weighted by molar-refractivity contribution is 6.46. The monoisotopic (exact) mass is 99.0 g/mol. The molecule has 6 heavy (non-hydrogen) atoms. The van der Waals surface area contributed by atoms with Gasteiger partial charge in [-0.2, -0.15) is 0 Å². The van der Waals surface area contributed by atoms with Crippen LogP contribution in [-0.4, -0.2) is 15.0 Å². The molecule has 1 aliphatic heterocycles. The first-order valence-electron chi connectivity index (χ1n) is 1.73. The van der Waals surface area contributed by atoms with E-state index in [0.29, 0.717) is 0 Å². The van der Waals surface area contributed by atoms with Gasteiger partial charge in [0.25, 0.3) is 0 Å².